The van der Waals surface area contributed by atoms with Crippen molar-refractivity contribution in [2.75, 3.05) is 5.32 Å². The van der Waals surface area contributed by atoms with E-state index in [-0.39, 0.29) is 16.4 Å². The Labute approximate surface area is 186 Å². The molecule has 154 valence electrons. The molecule has 1 aromatic heterocycles. The normalized spacial score (nSPS) is 10.6. The number of nitrogens with zero attached hydrogens (tertiary/aromatic N) is 2. The first-order chi connectivity index (χ1) is 14.9. The molecular formula is C21H13ClN4O4S. The van der Waals surface area contributed by atoms with E-state index >= 15 is 0 Å². The Morgan fingerprint density at radius 2 is 1.77 bits per heavy atom. The van der Waals surface area contributed by atoms with Gasteiger partial charge in [0.05, 0.1) is 4.92 Å². The van der Waals surface area contributed by atoms with Gasteiger partial charge >= 0.3 is 0 Å². The largest absolute Gasteiger partial charge is 0.436 e. The van der Waals surface area contributed by atoms with Gasteiger partial charge in [-0.2, -0.15) is 0 Å². The highest BCUT2D eigenvalue weighted by molar-refractivity contribution is 7.80. The van der Waals surface area contributed by atoms with Crippen LogP contribution in [0.15, 0.2) is 71.1 Å². The van der Waals surface area contributed by atoms with Gasteiger partial charge in [0.25, 0.3) is 11.6 Å². The molecule has 0 bridgehead atoms. The monoisotopic (exact) mass is 452 g/mol. The van der Waals surface area contributed by atoms with Gasteiger partial charge in [0.1, 0.15) is 5.52 Å². The lowest BCUT2D eigenvalue weighted by atomic mass is 10.2. The predicted octanol–water partition coefficient (Wildman–Crippen LogP) is 5.18. The van der Waals surface area contributed by atoms with Gasteiger partial charge in [-0.15, -0.1) is 0 Å². The number of halogens is 1. The average molecular weight is 453 g/mol. The number of oxazole rings is 1. The highest BCUT2D eigenvalue weighted by atomic mass is 35.5. The number of carbonyl (C=O) groups excluding carboxylic acids is 1. The van der Waals surface area contributed by atoms with Crippen molar-refractivity contribution in [1.82, 2.24) is 10.3 Å². The lowest BCUT2D eigenvalue weighted by Crippen LogP contribution is -2.34. The zero-order chi connectivity index (χ0) is 22.0. The van der Waals surface area contributed by atoms with Crippen molar-refractivity contribution in [3.63, 3.8) is 0 Å². The summed E-state index contributed by atoms with van der Waals surface area (Å²) in [5, 5.41) is 16.8. The van der Waals surface area contributed by atoms with Crippen LogP contribution < -0.4 is 10.6 Å². The number of hydrogen-bond donors (Lipinski definition) is 2. The molecule has 0 unspecified atom stereocenters. The number of anilines is 1. The number of hydrogen-bond acceptors (Lipinski definition) is 6. The van der Waals surface area contributed by atoms with Crippen molar-refractivity contribution in [1.29, 1.82) is 0 Å². The Kier molecular flexibility index (Phi) is 5.61. The van der Waals surface area contributed by atoms with Crippen LogP contribution in [0.4, 0.5) is 11.4 Å². The predicted molar refractivity (Wildman–Crippen MR) is 121 cm³/mol. The van der Waals surface area contributed by atoms with Crippen molar-refractivity contribution >= 4 is 57.3 Å². The molecule has 0 saturated carbocycles. The molecule has 31 heavy (non-hydrogen) atoms. The molecule has 2 N–H and O–H groups in total. The summed E-state index contributed by atoms with van der Waals surface area (Å²) in [5.74, 6) is -0.0213. The first kappa shape index (κ1) is 20.5. The number of nitro benzene ring substituents is 1. The van der Waals surface area contributed by atoms with E-state index in [2.05, 4.69) is 15.6 Å². The van der Waals surface area contributed by atoms with Gasteiger partial charge in [-0.3, -0.25) is 20.2 Å². The second-order valence-electron chi connectivity index (χ2n) is 6.42. The average Bonchev–Trinajstić information content (AvgIpc) is 3.17. The van der Waals surface area contributed by atoms with E-state index in [1.165, 1.54) is 24.3 Å². The maximum Gasteiger partial charge on any atom is 0.269 e. The van der Waals surface area contributed by atoms with Gasteiger partial charge in [0, 0.05) is 34.0 Å². The molecular weight excluding hydrogens is 440 g/mol. The SMILES string of the molecule is O=C(NC(=S)Nc1ccc(-c2nc3cc(Cl)ccc3o2)cc1)c1ccc([N+](=O)[O-])cc1. The van der Waals surface area contributed by atoms with E-state index in [0.29, 0.717) is 27.7 Å². The summed E-state index contributed by atoms with van der Waals surface area (Å²) < 4.78 is 5.74. The molecule has 1 amide bonds. The van der Waals surface area contributed by atoms with E-state index < -0.39 is 10.8 Å². The van der Waals surface area contributed by atoms with Crippen LogP contribution >= 0.6 is 23.8 Å². The third-order valence-electron chi connectivity index (χ3n) is 4.31. The van der Waals surface area contributed by atoms with E-state index in [9.17, 15) is 14.9 Å². The van der Waals surface area contributed by atoms with Crippen LogP contribution in [0.1, 0.15) is 10.4 Å². The van der Waals surface area contributed by atoms with Gasteiger partial charge < -0.3 is 9.73 Å². The second kappa shape index (κ2) is 8.50. The summed E-state index contributed by atoms with van der Waals surface area (Å²) in [4.78, 5) is 26.8. The van der Waals surface area contributed by atoms with Gasteiger partial charge in [-0.1, -0.05) is 11.6 Å². The Morgan fingerprint density at radius 1 is 1.06 bits per heavy atom. The van der Waals surface area contributed by atoms with Gasteiger partial charge in [-0.25, -0.2) is 4.98 Å². The Bertz CT molecular complexity index is 1300. The minimum atomic E-state index is -0.534. The molecule has 0 fully saturated rings. The first-order valence-corrected chi connectivity index (χ1v) is 9.71. The third kappa shape index (κ3) is 4.68. The molecule has 1 heterocycles. The fourth-order valence-corrected chi connectivity index (χ4v) is 3.17. The van der Waals surface area contributed by atoms with Crippen molar-refractivity contribution in [3.05, 3.63) is 87.4 Å². The standard InChI is InChI=1S/C21H13ClN4O4S/c22-14-5-10-18-17(11-14)24-20(30-18)13-1-6-15(7-2-13)23-21(31)25-19(27)12-3-8-16(9-4-12)26(28)29/h1-11H,(H2,23,25,27,31). The number of amides is 1. The molecule has 0 atom stereocenters. The first-order valence-electron chi connectivity index (χ1n) is 8.92. The number of thiocarbonyl (C=S) groups is 1. The van der Waals surface area contributed by atoms with Crippen LogP contribution in [0.3, 0.4) is 0 Å². The summed E-state index contributed by atoms with van der Waals surface area (Å²) in [7, 11) is 0. The maximum absolute atomic E-state index is 12.2. The number of nitrogens with one attached hydrogen (secondary N) is 2. The van der Waals surface area contributed by atoms with Crippen molar-refractivity contribution < 1.29 is 14.1 Å². The van der Waals surface area contributed by atoms with Crippen LogP contribution in [0.25, 0.3) is 22.6 Å². The van der Waals surface area contributed by atoms with E-state index in [1.54, 1.807) is 42.5 Å². The fraction of sp³-hybridized carbons (Fsp3) is 0. The van der Waals surface area contributed by atoms with Crippen molar-refractivity contribution in [2.24, 2.45) is 0 Å². The summed E-state index contributed by atoms with van der Waals surface area (Å²) in [6.45, 7) is 0. The van der Waals surface area contributed by atoms with Gasteiger partial charge in [0.2, 0.25) is 5.89 Å². The Balaban J connectivity index is 1.40. The summed E-state index contributed by atoms with van der Waals surface area (Å²) >= 11 is 11.1. The van der Waals surface area contributed by atoms with E-state index in [0.717, 1.165) is 5.56 Å². The number of aromatic nitrogens is 1. The zero-order valence-corrected chi connectivity index (χ0v) is 17.2. The van der Waals surface area contributed by atoms with Crippen LogP contribution in [0.2, 0.25) is 5.02 Å². The molecule has 10 heteroatoms. The molecule has 4 aromatic rings. The molecule has 0 aliphatic heterocycles. The molecule has 8 nitrogen and oxygen atoms in total. The van der Waals surface area contributed by atoms with Gasteiger partial charge in [0.15, 0.2) is 10.7 Å². The molecule has 0 radical (unpaired) electrons. The molecule has 4 rings (SSSR count). The maximum atomic E-state index is 12.2. The second-order valence-corrected chi connectivity index (χ2v) is 7.27. The number of fused-ring (bicyclic) bond motifs is 1. The third-order valence-corrected chi connectivity index (χ3v) is 4.75. The highest BCUT2D eigenvalue weighted by Crippen LogP contribution is 2.27. The number of rotatable bonds is 4. The highest BCUT2D eigenvalue weighted by Gasteiger charge is 2.12. The summed E-state index contributed by atoms with van der Waals surface area (Å²) in [6, 6.07) is 17.6. The van der Waals surface area contributed by atoms with Crippen LogP contribution in [0, 0.1) is 10.1 Å². The molecule has 0 aliphatic carbocycles. The topological polar surface area (TPSA) is 110 Å². The smallest absolute Gasteiger partial charge is 0.269 e. The van der Waals surface area contributed by atoms with Gasteiger partial charge in [-0.05, 0) is 66.8 Å². The van der Waals surface area contributed by atoms with Crippen LogP contribution in [0.5, 0.6) is 0 Å². The van der Waals surface area contributed by atoms with Crippen LogP contribution in [-0.2, 0) is 0 Å². The summed E-state index contributed by atoms with van der Waals surface area (Å²) in [5.41, 5.74) is 2.87. The van der Waals surface area contributed by atoms with Crippen molar-refractivity contribution in [2.45, 2.75) is 0 Å². The molecule has 3 aromatic carbocycles. The zero-order valence-electron chi connectivity index (χ0n) is 15.7. The summed E-state index contributed by atoms with van der Waals surface area (Å²) in [6.07, 6.45) is 0. The Morgan fingerprint density at radius 3 is 2.45 bits per heavy atom. The number of carbonyl (C=O) groups is 1. The Hall–Kier alpha value is -3.82. The van der Waals surface area contributed by atoms with E-state index in [1.807, 2.05) is 0 Å². The minimum Gasteiger partial charge on any atom is -0.436 e. The van der Waals surface area contributed by atoms with Crippen LogP contribution in [-0.4, -0.2) is 20.9 Å². The molecule has 0 saturated heterocycles. The number of non-ortho nitro benzene ring substituents is 1. The lowest BCUT2D eigenvalue weighted by Gasteiger charge is -2.10. The lowest BCUT2D eigenvalue weighted by molar-refractivity contribution is -0.384. The quantitative estimate of drug-likeness (QED) is 0.249. The van der Waals surface area contributed by atoms with Crippen molar-refractivity contribution in [3.8, 4) is 11.5 Å². The molecule has 0 aliphatic rings. The number of benzene rings is 3. The minimum absolute atomic E-state index is 0.0904. The molecule has 0 spiro atoms. The van der Waals surface area contributed by atoms with E-state index in [4.69, 9.17) is 28.2 Å². The fourth-order valence-electron chi connectivity index (χ4n) is 2.79. The number of nitro groups is 1.